The molecule has 0 radical (unpaired) electrons. The summed E-state index contributed by atoms with van der Waals surface area (Å²) in [6, 6.07) is 1.92. The third kappa shape index (κ3) is 2.49. The number of carbonyl (C=O) groups is 1. The van der Waals surface area contributed by atoms with Crippen molar-refractivity contribution in [2.24, 2.45) is 0 Å². The summed E-state index contributed by atoms with van der Waals surface area (Å²) in [5.41, 5.74) is -0.619. The van der Waals surface area contributed by atoms with E-state index in [1.165, 1.54) is 7.11 Å². The second-order valence-electron chi connectivity index (χ2n) is 3.76. The third-order valence-corrected chi connectivity index (χ3v) is 2.61. The van der Waals surface area contributed by atoms with Gasteiger partial charge in [0.2, 0.25) is 0 Å². The molecule has 6 heteroatoms. The van der Waals surface area contributed by atoms with Gasteiger partial charge < -0.3 is 14.2 Å². The van der Waals surface area contributed by atoms with Gasteiger partial charge >= 0.3 is 0 Å². The van der Waals surface area contributed by atoms with Gasteiger partial charge in [-0.15, -0.1) is 0 Å². The maximum atomic E-state index is 13.7. The first-order valence-electron chi connectivity index (χ1n) is 5.40. The molecule has 1 unspecified atom stereocenters. The molecule has 1 fully saturated rings. The lowest BCUT2D eigenvalue weighted by Crippen LogP contribution is -2.36. The van der Waals surface area contributed by atoms with Crippen molar-refractivity contribution in [3.8, 4) is 5.75 Å². The molecule has 4 nitrogen and oxygen atoms in total. The summed E-state index contributed by atoms with van der Waals surface area (Å²) in [5.74, 6) is -2.67. The van der Waals surface area contributed by atoms with Crippen LogP contribution in [0.1, 0.15) is 10.4 Å². The van der Waals surface area contributed by atoms with E-state index < -0.39 is 29.1 Å². The number of ketones is 1. The van der Waals surface area contributed by atoms with Gasteiger partial charge in [0, 0.05) is 12.1 Å². The van der Waals surface area contributed by atoms with Crippen LogP contribution in [0.15, 0.2) is 12.1 Å². The number of benzene rings is 1. The fourth-order valence-corrected chi connectivity index (χ4v) is 1.70. The van der Waals surface area contributed by atoms with E-state index in [0.29, 0.717) is 6.61 Å². The SMILES string of the molecule is COc1cc(F)c(C(=O)C2COCCO2)c(F)c1. The Kier molecular flexibility index (Phi) is 3.88. The maximum Gasteiger partial charge on any atom is 0.199 e. The van der Waals surface area contributed by atoms with Gasteiger partial charge in [0.15, 0.2) is 5.78 Å². The number of ether oxygens (including phenoxy) is 3. The predicted molar refractivity (Wildman–Crippen MR) is 57.8 cm³/mol. The Labute approximate surface area is 102 Å². The molecule has 0 bridgehead atoms. The molecule has 2 rings (SSSR count). The van der Waals surface area contributed by atoms with E-state index >= 15 is 0 Å². The molecule has 0 amide bonds. The zero-order valence-electron chi connectivity index (χ0n) is 9.74. The van der Waals surface area contributed by atoms with Crippen LogP contribution in [0.5, 0.6) is 5.75 Å². The van der Waals surface area contributed by atoms with Crippen LogP contribution >= 0.6 is 0 Å². The van der Waals surface area contributed by atoms with Gasteiger partial charge in [-0.05, 0) is 0 Å². The van der Waals surface area contributed by atoms with E-state index in [0.717, 1.165) is 12.1 Å². The van der Waals surface area contributed by atoms with Gasteiger partial charge in [0.1, 0.15) is 23.5 Å². The molecule has 1 aromatic carbocycles. The maximum absolute atomic E-state index is 13.7. The second kappa shape index (κ2) is 5.41. The quantitative estimate of drug-likeness (QED) is 0.772. The summed E-state index contributed by atoms with van der Waals surface area (Å²) in [4.78, 5) is 11.9. The van der Waals surface area contributed by atoms with Crippen molar-refractivity contribution in [3.63, 3.8) is 0 Å². The smallest absolute Gasteiger partial charge is 0.199 e. The van der Waals surface area contributed by atoms with Crippen molar-refractivity contribution in [2.45, 2.75) is 6.10 Å². The third-order valence-electron chi connectivity index (χ3n) is 2.61. The number of halogens is 2. The number of Topliss-reactive ketones (excluding diaryl/α,β-unsaturated/α-hetero) is 1. The molecular weight excluding hydrogens is 246 g/mol. The van der Waals surface area contributed by atoms with Gasteiger partial charge in [-0.1, -0.05) is 0 Å². The molecule has 1 saturated heterocycles. The lowest BCUT2D eigenvalue weighted by Gasteiger charge is -2.22. The van der Waals surface area contributed by atoms with E-state index in [2.05, 4.69) is 0 Å². The largest absolute Gasteiger partial charge is 0.497 e. The van der Waals surface area contributed by atoms with Crippen molar-refractivity contribution in [3.05, 3.63) is 29.3 Å². The standard InChI is InChI=1S/C12H12F2O4/c1-16-7-4-8(13)11(9(14)5-7)12(15)10-6-17-2-3-18-10/h4-5,10H,2-3,6H2,1H3. The summed E-state index contributed by atoms with van der Waals surface area (Å²) in [6.07, 6.45) is -0.962. The number of hydrogen-bond acceptors (Lipinski definition) is 4. The Morgan fingerprint density at radius 2 is 2.00 bits per heavy atom. The first-order valence-corrected chi connectivity index (χ1v) is 5.40. The highest BCUT2D eigenvalue weighted by Gasteiger charge is 2.29. The Hall–Kier alpha value is -1.53. The molecule has 1 aromatic rings. The number of carbonyl (C=O) groups excluding carboxylic acids is 1. The Morgan fingerprint density at radius 1 is 1.33 bits per heavy atom. The van der Waals surface area contributed by atoms with Gasteiger partial charge in [0.25, 0.3) is 0 Å². The first-order chi connectivity index (χ1) is 8.63. The van der Waals surface area contributed by atoms with Crippen LogP contribution in [0.25, 0.3) is 0 Å². The summed E-state index contributed by atoms with van der Waals surface area (Å²) < 4.78 is 42.2. The van der Waals surface area contributed by atoms with Crippen molar-refractivity contribution < 1.29 is 27.8 Å². The van der Waals surface area contributed by atoms with Gasteiger partial charge in [-0.25, -0.2) is 8.78 Å². The number of hydrogen-bond donors (Lipinski definition) is 0. The lowest BCUT2D eigenvalue weighted by atomic mass is 10.0. The van der Waals surface area contributed by atoms with Crippen molar-refractivity contribution >= 4 is 5.78 Å². The predicted octanol–water partition coefficient (Wildman–Crippen LogP) is 1.57. The summed E-state index contributed by atoms with van der Waals surface area (Å²) in [5, 5.41) is 0. The molecule has 1 aliphatic rings. The average molecular weight is 258 g/mol. The summed E-state index contributed by atoms with van der Waals surface area (Å²) in [6.45, 7) is 0.608. The highest BCUT2D eigenvalue weighted by atomic mass is 19.1. The lowest BCUT2D eigenvalue weighted by molar-refractivity contribution is -0.0721. The summed E-state index contributed by atoms with van der Waals surface area (Å²) >= 11 is 0. The van der Waals surface area contributed by atoms with E-state index in [1.54, 1.807) is 0 Å². The average Bonchev–Trinajstić information content (AvgIpc) is 2.38. The molecule has 1 aliphatic heterocycles. The highest BCUT2D eigenvalue weighted by Crippen LogP contribution is 2.22. The van der Waals surface area contributed by atoms with Crippen LogP contribution in [0, 0.1) is 11.6 Å². The van der Waals surface area contributed by atoms with Crippen molar-refractivity contribution in [2.75, 3.05) is 26.9 Å². The van der Waals surface area contributed by atoms with E-state index in [4.69, 9.17) is 14.2 Å². The monoisotopic (exact) mass is 258 g/mol. The fourth-order valence-electron chi connectivity index (χ4n) is 1.70. The minimum Gasteiger partial charge on any atom is -0.497 e. The van der Waals surface area contributed by atoms with E-state index in [9.17, 15) is 13.6 Å². The van der Waals surface area contributed by atoms with Gasteiger partial charge in [0.05, 0.1) is 32.5 Å². The fraction of sp³-hybridized carbons (Fsp3) is 0.417. The topological polar surface area (TPSA) is 44.8 Å². The molecule has 18 heavy (non-hydrogen) atoms. The Bertz CT molecular complexity index is 432. The second-order valence-corrected chi connectivity index (χ2v) is 3.76. The highest BCUT2D eigenvalue weighted by molar-refractivity contribution is 6.00. The van der Waals surface area contributed by atoms with E-state index in [1.807, 2.05) is 0 Å². The number of rotatable bonds is 3. The van der Waals surface area contributed by atoms with E-state index in [-0.39, 0.29) is 19.0 Å². The van der Waals surface area contributed by atoms with Gasteiger partial charge in [-0.2, -0.15) is 0 Å². The van der Waals surface area contributed by atoms with Crippen molar-refractivity contribution in [1.29, 1.82) is 0 Å². The van der Waals surface area contributed by atoms with Gasteiger partial charge in [-0.3, -0.25) is 4.79 Å². The minimum atomic E-state index is -0.967. The van der Waals surface area contributed by atoms with Crippen molar-refractivity contribution in [1.82, 2.24) is 0 Å². The zero-order valence-corrected chi connectivity index (χ0v) is 9.74. The molecule has 0 spiro atoms. The molecule has 0 aliphatic carbocycles. The summed E-state index contributed by atoms with van der Waals surface area (Å²) in [7, 11) is 1.29. The number of methoxy groups -OCH3 is 1. The van der Waals surface area contributed by atoms with Crippen LogP contribution in [0.4, 0.5) is 8.78 Å². The molecule has 1 heterocycles. The molecule has 0 saturated carbocycles. The molecule has 0 aromatic heterocycles. The molecule has 0 N–H and O–H groups in total. The zero-order chi connectivity index (χ0) is 13.1. The molecule has 1 atom stereocenters. The molecular formula is C12H12F2O4. The Morgan fingerprint density at radius 3 is 2.50 bits per heavy atom. The normalized spacial score (nSPS) is 19.6. The van der Waals surface area contributed by atoms with Crippen LogP contribution in [-0.2, 0) is 9.47 Å². The van der Waals surface area contributed by atoms with Crippen LogP contribution in [0.2, 0.25) is 0 Å². The van der Waals surface area contributed by atoms with Crippen LogP contribution in [-0.4, -0.2) is 38.8 Å². The first kappa shape index (κ1) is 12.9. The Balaban J connectivity index is 2.29. The minimum absolute atomic E-state index is 0.00371. The molecule has 98 valence electrons. The van der Waals surface area contributed by atoms with Crippen LogP contribution < -0.4 is 4.74 Å². The van der Waals surface area contributed by atoms with Crippen LogP contribution in [0.3, 0.4) is 0 Å².